The van der Waals surface area contributed by atoms with Crippen LogP contribution in [0.3, 0.4) is 0 Å². The van der Waals surface area contributed by atoms with Crippen molar-refractivity contribution in [3.05, 3.63) is 48.6 Å². The van der Waals surface area contributed by atoms with Crippen molar-refractivity contribution in [3.8, 4) is 0 Å². The van der Waals surface area contributed by atoms with Crippen LogP contribution in [0.15, 0.2) is 43.0 Å². The van der Waals surface area contributed by atoms with Crippen LogP contribution in [0.2, 0.25) is 0 Å². The second-order valence-corrected chi connectivity index (χ2v) is 8.73. The molecule has 4 heteroatoms. The smallest absolute Gasteiger partial charge is 0.408 e. The first-order valence-electron chi connectivity index (χ1n) is 9.74. The number of benzene rings is 1. The lowest BCUT2D eigenvalue weighted by Gasteiger charge is -2.58. The van der Waals surface area contributed by atoms with E-state index in [9.17, 15) is 4.79 Å². The number of alkyl carbamates (subject to hydrolysis) is 1. The van der Waals surface area contributed by atoms with Crippen LogP contribution in [0.1, 0.15) is 58.1 Å². The van der Waals surface area contributed by atoms with Crippen LogP contribution >= 0.6 is 0 Å². The van der Waals surface area contributed by atoms with Crippen LogP contribution in [0, 0.1) is 5.92 Å². The lowest BCUT2D eigenvalue weighted by atomic mass is 9.65. The van der Waals surface area contributed by atoms with Crippen LogP contribution in [-0.2, 0) is 4.74 Å². The first-order valence-corrected chi connectivity index (χ1v) is 9.74. The van der Waals surface area contributed by atoms with Gasteiger partial charge in [0.15, 0.2) is 0 Å². The second kappa shape index (κ2) is 7.43. The average Bonchev–Trinajstić information content (AvgIpc) is 2.60. The van der Waals surface area contributed by atoms with Crippen molar-refractivity contribution in [2.75, 3.05) is 13.1 Å². The van der Waals surface area contributed by atoms with Gasteiger partial charge in [0.2, 0.25) is 0 Å². The van der Waals surface area contributed by atoms with Crippen molar-refractivity contribution in [2.45, 2.75) is 63.6 Å². The minimum absolute atomic E-state index is 0.0683. The maximum atomic E-state index is 12.6. The maximum absolute atomic E-state index is 12.6. The average molecular weight is 357 g/mol. The highest BCUT2D eigenvalue weighted by Gasteiger charge is 2.51. The molecule has 0 unspecified atom stereocenters. The Morgan fingerprint density at radius 2 is 2.00 bits per heavy atom. The summed E-state index contributed by atoms with van der Waals surface area (Å²) in [6.45, 7) is 11.6. The molecule has 2 heterocycles. The summed E-state index contributed by atoms with van der Waals surface area (Å²) in [6.07, 6.45) is 6.30. The molecule has 4 rings (SSSR count). The number of nitrogens with one attached hydrogen (secondary N) is 1. The third kappa shape index (κ3) is 3.96. The molecule has 0 spiro atoms. The van der Waals surface area contributed by atoms with Crippen molar-refractivity contribution in [2.24, 2.45) is 5.92 Å². The summed E-state index contributed by atoms with van der Waals surface area (Å²) in [7, 11) is 0. The van der Waals surface area contributed by atoms with E-state index in [0.717, 1.165) is 37.4 Å². The van der Waals surface area contributed by atoms with Gasteiger partial charge in [-0.15, -0.1) is 6.58 Å². The predicted molar refractivity (Wildman–Crippen MR) is 105 cm³/mol. The Bertz CT molecular complexity index is 627. The largest absolute Gasteiger partial charge is 0.444 e. The van der Waals surface area contributed by atoms with Gasteiger partial charge in [-0.25, -0.2) is 4.79 Å². The van der Waals surface area contributed by atoms with Gasteiger partial charge in [0.1, 0.15) is 5.60 Å². The van der Waals surface area contributed by atoms with Gasteiger partial charge < -0.3 is 10.1 Å². The second-order valence-electron chi connectivity index (χ2n) is 8.73. The highest BCUT2D eigenvalue weighted by Crippen LogP contribution is 2.49. The Hall–Kier alpha value is -1.81. The quantitative estimate of drug-likeness (QED) is 0.779. The molecule has 3 fully saturated rings. The first kappa shape index (κ1) is 19.0. The van der Waals surface area contributed by atoms with Crippen molar-refractivity contribution in [1.82, 2.24) is 10.2 Å². The Morgan fingerprint density at radius 1 is 1.35 bits per heavy atom. The van der Waals surface area contributed by atoms with E-state index in [0.29, 0.717) is 0 Å². The van der Waals surface area contributed by atoms with Gasteiger partial charge in [-0.3, -0.25) is 4.90 Å². The summed E-state index contributed by atoms with van der Waals surface area (Å²) < 4.78 is 5.59. The molecule has 0 radical (unpaired) electrons. The van der Waals surface area contributed by atoms with Gasteiger partial charge in [0, 0.05) is 18.6 Å². The number of nitrogens with zero attached hydrogens (tertiary/aromatic N) is 1. The van der Waals surface area contributed by atoms with Crippen molar-refractivity contribution < 1.29 is 9.53 Å². The molecule has 1 saturated carbocycles. The molecule has 1 aromatic rings. The fourth-order valence-electron chi connectivity index (χ4n) is 4.65. The molecule has 0 aromatic heterocycles. The molecule has 1 aromatic carbocycles. The third-order valence-electron chi connectivity index (χ3n) is 5.76. The SMILES string of the molecule is C=CCN1CC2CCC1([C@H](NC(=O)OC(C)(C)C)c1ccccc1)CC2. The summed E-state index contributed by atoms with van der Waals surface area (Å²) in [5, 5.41) is 3.23. The summed E-state index contributed by atoms with van der Waals surface area (Å²) >= 11 is 0. The lowest BCUT2D eigenvalue weighted by Crippen LogP contribution is -2.64. The molecule has 26 heavy (non-hydrogen) atoms. The standard InChI is InChI=1S/C22H32N2O2/c1-5-15-24-16-17-11-13-22(24,14-12-17)19(18-9-7-6-8-10-18)23-20(25)26-21(2,3)4/h5-10,17,19H,1,11-16H2,2-4H3,(H,23,25)/t17?,19-,22?/m1/s1. The summed E-state index contributed by atoms with van der Waals surface area (Å²) in [5.41, 5.74) is 0.572. The number of piperidine rings is 2. The highest BCUT2D eigenvalue weighted by molar-refractivity contribution is 5.68. The van der Waals surface area contributed by atoms with Crippen LogP contribution in [-0.4, -0.2) is 35.2 Å². The van der Waals surface area contributed by atoms with E-state index < -0.39 is 5.60 Å². The van der Waals surface area contributed by atoms with E-state index in [2.05, 4.69) is 28.9 Å². The van der Waals surface area contributed by atoms with E-state index in [1.807, 2.05) is 45.0 Å². The van der Waals surface area contributed by atoms with E-state index in [1.165, 1.54) is 12.8 Å². The number of hydrogen-bond donors (Lipinski definition) is 1. The summed E-state index contributed by atoms with van der Waals surface area (Å²) in [6, 6.07) is 10.3. The number of amides is 1. The number of rotatable bonds is 5. The van der Waals surface area contributed by atoms with Gasteiger partial charge >= 0.3 is 6.09 Å². The Labute approximate surface area is 157 Å². The van der Waals surface area contributed by atoms with Crippen molar-refractivity contribution >= 4 is 6.09 Å². The zero-order valence-electron chi connectivity index (χ0n) is 16.3. The molecule has 2 aliphatic heterocycles. The lowest BCUT2D eigenvalue weighted by molar-refractivity contribution is -0.0537. The molecule has 2 bridgehead atoms. The molecule has 2 saturated heterocycles. The normalized spacial score (nSPS) is 27.0. The van der Waals surface area contributed by atoms with Gasteiger partial charge in [-0.05, 0) is 57.9 Å². The topological polar surface area (TPSA) is 41.6 Å². The zero-order chi connectivity index (χ0) is 18.8. The molecular formula is C22H32N2O2. The first-order chi connectivity index (χ1) is 12.3. The number of fused-ring (bicyclic) bond motifs is 3. The number of carbonyl (C=O) groups is 1. The molecular weight excluding hydrogens is 324 g/mol. The summed E-state index contributed by atoms with van der Waals surface area (Å²) in [5.74, 6) is 0.773. The van der Waals surface area contributed by atoms with E-state index in [1.54, 1.807) is 0 Å². The third-order valence-corrected chi connectivity index (χ3v) is 5.76. The van der Waals surface area contributed by atoms with E-state index in [4.69, 9.17) is 4.74 Å². The van der Waals surface area contributed by atoms with Gasteiger partial charge in [-0.2, -0.15) is 0 Å². The molecule has 1 atom stereocenters. The van der Waals surface area contributed by atoms with Gasteiger partial charge in [-0.1, -0.05) is 36.4 Å². The number of carbonyl (C=O) groups excluding carboxylic acids is 1. The molecule has 1 N–H and O–H groups in total. The van der Waals surface area contributed by atoms with Crippen LogP contribution in [0.5, 0.6) is 0 Å². The minimum atomic E-state index is -0.506. The molecule has 142 valence electrons. The Morgan fingerprint density at radius 3 is 2.58 bits per heavy atom. The van der Waals surface area contributed by atoms with Crippen LogP contribution < -0.4 is 5.32 Å². The molecule has 1 amide bonds. The highest BCUT2D eigenvalue weighted by atomic mass is 16.6. The number of ether oxygens (including phenoxy) is 1. The Balaban J connectivity index is 1.93. The predicted octanol–water partition coefficient (Wildman–Crippen LogP) is 4.68. The Kier molecular flexibility index (Phi) is 5.42. The fraction of sp³-hybridized carbons (Fsp3) is 0.591. The zero-order valence-corrected chi connectivity index (χ0v) is 16.3. The van der Waals surface area contributed by atoms with E-state index in [-0.39, 0.29) is 17.7 Å². The molecule has 1 aliphatic carbocycles. The van der Waals surface area contributed by atoms with Gasteiger partial charge in [0.05, 0.1) is 6.04 Å². The fourth-order valence-corrected chi connectivity index (χ4v) is 4.65. The summed E-state index contributed by atoms with van der Waals surface area (Å²) in [4.78, 5) is 15.2. The molecule has 3 aliphatic rings. The van der Waals surface area contributed by atoms with Crippen LogP contribution in [0.25, 0.3) is 0 Å². The molecule has 4 nitrogen and oxygen atoms in total. The van der Waals surface area contributed by atoms with Crippen molar-refractivity contribution in [3.63, 3.8) is 0 Å². The minimum Gasteiger partial charge on any atom is -0.444 e. The monoisotopic (exact) mass is 356 g/mol. The number of hydrogen-bond acceptors (Lipinski definition) is 3. The van der Waals surface area contributed by atoms with Crippen molar-refractivity contribution in [1.29, 1.82) is 0 Å². The van der Waals surface area contributed by atoms with Crippen LogP contribution in [0.4, 0.5) is 4.79 Å². The van der Waals surface area contributed by atoms with Gasteiger partial charge in [0.25, 0.3) is 0 Å². The van der Waals surface area contributed by atoms with E-state index >= 15 is 0 Å². The maximum Gasteiger partial charge on any atom is 0.408 e.